The first-order chi connectivity index (χ1) is 11.7. The number of hydrogen-bond donors (Lipinski definition) is 1. The molecule has 0 radical (unpaired) electrons. The van der Waals surface area contributed by atoms with Gasteiger partial charge in [0, 0.05) is 31.7 Å². The van der Waals surface area contributed by atoms with Crippen molar-refractivity contribution in [2.24, 2.45) is 5.10 Å². The van der Waals surface area contributed by atoms with Crippen molar-refractivity contribution in [1.82, 2.24) is 15.2 Å². The molecule has 1 N–H and O–H groups in total. The van der Waals surface area contributed by atoms with E-state index in [9.17, 15) is 4.79 Å². The van der Waals surface area contributed by atoms with Gasteiger partial charge in [-0.3, -0.25) is 9.69 Å². The molecule has 0 saturated carbocycles. The molecule has 3 rings (SSSR count). The van der Waals surface area contributed by atoms with Crippen LogP contribution < -0.4 is 19.6 Å². The highest BCUT2D eigenvalue weighted by Gasteiger charge is 2.20. The molecule has 1 amide bonds. The number of nitrogens with one attached hydrogen (secondary N) is 1. The maximum absolute atomic E-state index is 11.9. The number of fused-ring (bicyclic) bond motifs is 1. The van der Waals surface area contributed by atoms with Crippen molar-refractivity contribution in [2.45, 2.75) is 0 Å². The summed E-state index contributed by atoms with van der Waals surface area (Å²) in [6.07, 6.45) is 1.56. The minimum absolute atomic E-state index is 0.122. The summed E-state index contributed by atoms with van der Waals surface area (Å²) in [5.74, 6) is 1.66. The first-order valence-corrected chi connectivity index (χ1v) is 7.86. The maximum Gasteiger partial charge on any atom is 0.254 e. The Bertz CT molecular complexity index is 627. The van der Waals surface area contributed by atoms with Crippen LogP contribution >= 0.6 is 0 Å². The van der Waals surface area contributed by atoms with Crippen molar-refractivity contribution in [1.29, 1.82) is 0 Å². The zero-order valence-corrected chi connectivity index (χ0v) is 13.9. The van der Waals surface area contributed by atoms with E-state index in [1.807, 2.05) is 0 Å². The lowest BCUT2D eigenvalue weighted by atomic mass is 10.2. The van der Waals surface area contributed by atoms with Crippen molar-refractivity contribution in [3.05, 3.63) is 17.7 Å². The second-order valence-corrected chi connectivity index (χ2v) is 5.83. The van der Waals surface area contributed by atoms with E-state index in [-0.39, 0.29) is 12.7 Å². The molecule has 0 atom stereocenters. The molecule has 8 nitrogen and oxygen atoms in total. The van der Waals surface area contributed by atoms with Crippen LogP contribution in [-0.4, -0.2) is 75.6 Å². The van der Waals surface area contributed by atoms with Gasteiger partial charge in [-0.15, -0.1) is 0 Å². The fraction of sp³-hybridized carbons (Fsp3) is 0.500. The van der Waals surface area contributed by atoms with Crippen LogP contribution in [0.1, 0.15) is 5.56 Å². The average Bonchev–Trinajstić information content (AvgIpc) is 3.05. The molecule has 0 spiro atoms. The minimum Gasteiger partial charge on any atom is -0.493 e. The van der Waals surface area contributed by atoms with E-state index in [0.29, 0.717) is 23.8 Å². The molecule has 8 heteroatoms. The van der Waals surface area contributed by atoms with Crippen molar-refractivity contribution >= 4 is 12.1 Å². The van der Waals surface area contributed by atoms with Crippen LogP contribution in [0.3, 0.4) is 0 Å². The van der Waals surface area contributed by atoms with Crippen molar-refractivity contribution in [3.8, 4) is 17.2 Å². The molecule has 0 aromatic heterocycles. The van der Waals surface area contributed by atoms with E-state index in [1.165, 1.54) is 0 Å². The molecule has 1 fully saturated rings. The Hall–Kier alpha value is -2.32. The quantitative estimate of drug-likeness (QED) is 0.609. The van der Waals surface area contributed by atoms with E-state index in [1.54, 1.807) is 25.5 Å². The maximum atomic E-state index is 11.9. The van der Waals surface area contributed by atoms with E-state index in [2.05, 4.69) is 27.4 Å². The third kappa shape index (κ3) is 3.95. The third-order valence-corrected chi connectivity index (χ3v) is 4.05. The van der Waals surface area contributed by atoms with Crippen LogP contribution in [0, 0.1) is 0 Å². The second kappa shape index (κ2) is 7.50. The number of likely N-dealkylation sites (N-methyl/N-ethyl adjacent to an activating group) is 1. The number of carbonyl (C=O) groups is 1. The fourth-order valence-electron chi connectivity index (χ4n) is 2.65. The Morgan fingerprint density at radius 1 is 1.33 bits per heavy atom. The van der Waals surface area contributed by atoms with Gasteiger partial charge in [0.25, 0.3) is 5.91 Å². The van der Waals surface area contributed by atoms with Gasteiger partial charge in [0.05, 0.1) is 19.9 Å². The van der Waals surface area contributed by atoms with Gasteiger partial charge in [-0.25, -0.2) is 5.43 Å². The summed E-state index contributed by atoms with van der Waals surface area (Å²) in [4.78, 5) is 16.3. The normalized spacial score (nSPS) is 18.1. The highest BCUT2D eigenvalue weighted by Crippen LogP contribution is 2.41. The number of methoxy groups -OCH3 is 1. The number of hydrogen-bond acceptors (Lipinski definition) is 7. The van der Waals surface area contributed by atoms with Gasteiger partial charge in [0.1, 0.15) is 0 Å². The van der Waals surface area contributed by atoms with Gasteiger partial charge >= 0.3 is 0 Å². The Morgan fingerprint density at radius 2 is 2.12 bits per heavy atom. The zero-order valence-electron chi connectivity index (χ0n) is 13.9. The number of ether oxygens (including phenoxy) is 3. The monoisotopic (exact) mass is 334 g/mol. The second-order valence-electron chi connectivity index (χ2n) is 5.83. The van der Waals surface area contributed by atoms with Crippen LogP contribution in [0.5, 0.6) is 17.2 Å². The van der Waals surface area contributed by atoms with Crippen LogP contribution in [-0.2, 0) is 4.79 Å². The standard InChI is InChI=1S/C16H22N4O4/c1-19-3-5-20(6-4-19)10-15(21)18-17-9-12-7-13(22-2)16-14(8-12)23-11-24-16/h7-9H,3-6,10-11H2,1-2H3,(H,18,21). The first kappa shape index (κ1) is 16.5. The SMILES string of the molecule is COc1cc(C=NNC(=O)CN2CCN(C)CC2)cc2c1OCO2. The van der Waals surface area contributed by atoms with Gasteiger partial charge < -0.3 is 19.1 Å². The predicted octanol–water partition coefficient (Wildman–Crippen LogP) is 0.121. The van der Waals surface area contributed by atoms with Gasteiger partial charge in [-0.1, -0.05) is 0 Å². The molecule has 1 aromatic carbocycles. The van der Waals surface area contributed by atoms with E-state index < -0.39 is 0 Å². The Balaban J connectivity index is 1.53. The van der Waals surface area contributed by atoms with Crippen LogP contribution in [0.25, 0.3) is 0 Å². The lowest BCUT2D eigenvalue weighted by Gasteiger charge is -2.31. The van der Waals surface area contributed by atoms with E-state index in [0.717, 1.165) is 31.7 Å². The van der Waals surface area contributed by atoms with E-state index in [4.69, 9.17) is 14.2 Å². The Kier molecular flexibility index (Phi) is 5.17. The minimum atomic E-state index is -0.122. The summed E-state index contributed by atoms with van der Waals surface area (Å²) in [6.45, 7) is 4.28. The number of piperazine rings is 1. The van der Waals surface area contributed by atoms with E-state index >= 15 is 0 Å². The lowest BCUT2D eigenvalue weighted by molar-refractivity contribution is -0.122. The summed E-state index contributed by atoms with van der Waals surface area (Å²) < 4.78 is 16.0. The van der Waals surface area contributed by atoms with Crippen LogP contribution in [0.2, 0.25) is 0 Å². The number of benzene rings is 1. The number of nitrogens with zero attached hydrogens (tertiary/aromatic N) is 3. The van der Waals surface area contributed by atoms with Crippen LogP contribution in [0.15, 0.2) is 17.2 Å². The number of rotatable bonds is 5. The van der Waals surface area contributed by atoms with Gasteiger partial charge in [-0.05, 0) is 19.2 Å². The summed E-state index contributed by atoms with van der Waals surface area (Å²) >= 11 is 0. The first-order valence-electron chi connectivity index (χ1n) is 7.86. The van der Waals surface area contributed by atoms with Crippen molar-refractivity contribution in [2.75, 3.05) is 53.7 Å². The Morgan fingerprint density at radius 3 is 2.88 bits per heavy atom. The summed E-state index contributed by atoms with van der Waals surface area (Å²) in [5.41, 5.74) is 3.32. The molecule has 2 aliphatic rings. The fourth-order valence-corrected chi connectivity index (χ4v) is 2.65. The Labute approximate surface area is 141 Å². The topological polar surface area (TPSA) is 75.6 Å². The molecule has 0 aliphatic carbocycles. The zero-order chi connectivity index (χ0) is 16.9. The molecule has 2 heterocycles. The molecule has 0 unspecified atom stereocenters. The number of carbonyl (C=O) groups excluding carboxylic acids is 1. The van der Waals surface area contributed by atoms with Crippen molar-refractivity contribution < 1.29 is 19.0 Å². The smallest absolute Gasteiger partial charge is 0.254 e. The summed E-state index contributed by atoms with van der Waals surface area (Å²) in [7, 11) is 3.65. The molecule has 24 heavy (non-hydrogen) atoms. The van der Waals surface area contributed by atoms with Gasteiger partial charge in [0.15, 0.2) is 11.5 Å². The largest absolute Gasteiger partial charge is 0.493 e. The molecular weight excluding hydrogens is 312 g/mol. The highest BCUT2D eigenvalue weighted by atomic mass is 16.7. The van der Waals surface area contributed by atoms with Crippen LogP contribution in [0.4, 0.5) is 0 Å². The molecule has 0 bridgehead atoms. The molecule has 1 aromatic rings. The number of hydrazone groups is 1. The summed E-state index contributed by atoms with van der Waals surface area (Å²) in [6, 6.07) is 3.57. The number of amides is 1. The lowest BCUT2D eigenvalue weighted by Crippen LogP contribution is -2.47. The molecule has 130 valence electrons. The predicted molar refractivity (Wildman–Crippen MR) is 88.8 cm³/mol. The van der Waals surface area contributed by atoms with Crippen molar-refractivity contribution in [3.63, 3.8) is 0 Å². The highest BCUT2D eigenvalue weighted by molar-refractivity contribution is 5.85. The molecule has 2 aliphatic heterocycles. The third-order valence-electron chi connectivity index (χ3n) is 4.05. The molecule has 1 saturated heterocycles. The average molecular weight is 334 g/mol. The summed E-state index contributed by atoms with van der Waals surface area (Å²) in [5, 5.41) is 4.01. The molecular formula is C16H22N4O4. The van der Waals surface area contributed by atoms with Gasteiger partial charge in [-0.2, -0.15) is 5.10 Å². The van der Waals surface area contributed by atoms with Gasteiger partial charge in [0.2, 0.25) is 12.5 Å².